The number of hydrogen-bond donors (Lipinski definition) is 0. The fourth-order valence-electron chi connectivity index (χ4n) is 4.33. The van der Waals surface area contributed by atoms with E-state index in [0.29, 0.717) is 24.2 Å². The number of methoxy groups -OCH3 is 1. The molecule has 5 nitrogen and oxygen atoms in total. The SMILES string of the molecule is CCOC(=O)N1CCC(CN2CCC(c3ccc(F)cc3OC)CC2)CC1. The second-order valence-electron chi connectivity index (χ2n) is 7.59. The summed E-state index contributed by atoms with van der Waals surface area (Å²) in [6.07, 6.45) is 4.06. The lowest BCUT2D eigenvalue weighted by Crippen LogP contribution is -2.43. The molecule has 2 saturated heterocycles. The highest BCUT2D eigenvalue weighted by atomic mass is 19.1. The molecule has 0 N–H and O–H groups in total. The predicted octanol–water partition coefficient (Wildman–Crippen LogP) is 3.88. The van der Waals surface area contributed by atoms with Gasteiger partial charge in [0.1, 0.15) is 11.6 Å². The van der Waals surface area contributed by atoms with Gasteiger partial charge in [-0.25, -0.2) is 9.18 Å². The lowest BCUT2D eigenvalue weighted by molar-refractivity contribution is 0.0830. The van der Waals surface area contributed by atoms with Crippen molar-refractivity contribution in [2.75, 3.05) is 46.4 Å². The van der Waals surface area contributed by atoms with Gasteiger partial charge in [-0.05, 0) is 69.2 Å². The van der Waals surface area contributed by atoms with Crippen molar-refractivity contribution in [2.24, 2.45) is 5.92 Å². The molecule has 2 aliphatic heterocycles. The third-order valence-electron chi connectivity index (χ3n) is 5.88. The molecule has 0 spiro atoms. The molecule has 0 aromatic heterocycles. The van der Waals surface area contributed by atoms with Crippen molar-refractivity contribution >= 4 is 6.09 Å². The normalized spacial score (nSPS) is 19.9. The van der Waals surface area contributed by atoms with Gasteiger partial charge in [0.2, 0.25) is 0 Å². The van der Waals surface area contributed by atoms with E-state index >= 15 is 0 Å². The number of likely N-dealkylation sites (tertiary alicyclic amines) is 2. The molecule has 6 heteroatoms. The lowest BCUT2D eigenvalue weighted by atomic mass is 9.87. The van der Waals surface area contributed by atoms with E-state index in [0.717, 1.165) is 64.0 Å². The standard InChI is InChI=1S/C21H31FN2O3/c1-3-27-21(25)24-12-6-16(7-13-24)15-23-10-8-17(9-11-23)19-5-4-18(22)14-20(19)26-2/h4-5,14,16-17H,3,6-13,15H2,1-2H3. The molecule has 150 valence electrons. The van der Waals surface area contributed by atoms with Crippen LogP contribution in [0.25, 0.3) is 0 Å². The Balaban J connectivity index is 1.45. The van der Waals surface area contributed by atoms with Gasteiger partial charge in [0, 0.05) is 25.7 Å². The van der Waals surface area contributed by atoms with Gasteiger partial charge in [-0.1, -0.05) is 6.07 Å². The lowest BCUT2D eigenvalue weighted by Gasteiger charge is -2.37. The predicted molar refractivity (Wildman–Crippen MR) is 103 cm³/mol. The van der Waals surface area contributed by atoms with E-state index in [9.17, 15) is 9.18 Å². The molecule has 1 amide bonds. The van der Waals surface area contributed by atoms with Crippen molar-refractivity contribution in [2.45, 2.75) is 38.5 Å². The number of hydrogen-bond acceptors (Lipinski definition) is 4. The van der Waals surface area contributed by atoms with E-state index in [-0.39, 0.29) is 11.9 Å². The van der Waals surface area contributed by atoms with Crippen molar-refractivity contribution in [3.8, 4) is 5.75 Å². The zero-order valence-electron chi connectivity index (χ0n) is 16.5. The zero-order chi connectivity index (χ0) is 19.2. The van der Waals surface area contributed by atoms with Gasteiger partial charge in [-0.3, -0.25) is 0 Å². The number of carbonyl (C=O) groups is 1. The third-order valence-corrected chi connectivity index (χ3v) is 5.88. The van der Waals surface area contributed by atoms with Gasteiger partial charge >= 0.3 is 6.09 Å². The summed E-state index contributed by atoms with van der Waals surface area (Å²) in [6.45, 7) is 7.10. The van der Waals surface area contributed by atoms with Crippen molar-refractivity contribution in [1.29, 1.82) is 0 Å². The van der Waals surface area contributed by atoms with E-state index in [1.165, 1.54) is 12.1 Å². The van der Waals surface area contributed by atoms with Crippen molar-refractivity contribution < 1.29 is 18.7 Å². The fourth-order valence-corrected chi connectivity index (χ4v) is 4.33. The van der Waals surface area contributed by atoms with Gasteiger partial charge in [-0.2, -0.15) is 0 Å². The number of nitrogens with zero attached hydrogens (tertiary/aromatic N) is 2. The van der Waals surface area contributed by atoms with Gasteiger partial charge < -0.3 is 19.3 Å². The highest BCUT2D eigenvalue weighted by molar-refractivity contribution is 5.67. The minimum atomic E-state index is -0.248. The quantitative estimate of drug-likeness (QED) is 0.780. The molecule has 2 heterocycles. The van der Waals surface area contributed by atoms with E-state index in [2.05, 4.69) is 4.90 Å². The number of carbonyl (C=O) groups excluding carboxylic acids is 1. The highest BCUT2D eigenvalue weighted by Crippen LogP contribution is 2.35. The van der Waals surface area contributed by atoms with Crippen LogP contribution in [0.2, 0.25) is 0 Å². The maximum atomic E-state index is 13.4. The first kappa shape index (κ1) is 19.9. The van der Waals surface area contributed by atoms with Crippen LogP contribution in [0.3, 0.4) is 0 Å². The Bertz CT molecular complexity index is 624. The Morgan fingerprint density at radius 2 is 1.85 bits per heavy atom. The molecular formula is C21H31FN2O3. The fraction of sp³-hybridized carbons (Fsp3) is 0.667. The van der Waals surface area contributed by atoms with Gasteiger partial charge in [0.05, 0.1) is 13.7 Å². The van der Waals surface area contributed by atoms with Crippen LogP contribution in [-0.2, 0) is 4.74 Å². The summed E-state index contributed by atoms with van der Waals surface area (Å²) in [7, 11) is 1.61. The Morgan fingerprint density at radius 3 is 2.48 bits per heavy atom. The minimum absolute atomic E-state index is 0.176. The van der Waals surface area contributed by atoms with Crippen LogP contribution in [-0.4, -0.2) is 62.3 Å². The zero-order valence-corrected chi connectivity index (χ0v) is 16.5. The summed E-state index contributed by atoms with van der Waals surface area (Å²) in [4.78, 5) is 16.2. The van der Waals surface area contributed by atoms with Crippen LogP contribution in [0.15, 0.2) is 18.2 Å². The summed E-state index contributed by atoms with van der Waals surface area (Å²) in [6, 6.07) is 4.89. The maximum Gasteiger partial charge on any atom is 0.409 e. The average molecular weight is 378 g/mol. The monoisotopic (exact) mass is 378 g/mol. The summed E-state index contributed by atoms with van der Waals surface area (Å²) >= 11 is 0. The number of halogens is 1. The second-order valence-corrected chi connectivity index (χ2v) is 7.59. The van der Waals surface area contributed by atoms with E-state index in [1.54, 1.807) is 7.11 Å². The largest absolute Gasteiger partial charge is 0.496 e. The molecule has 1 aromatic carbocycles. The first-order valence-electron chi connectivity index (χ1n) is 10.1. The first-order valence-corrected chi connectivity index (χ1v) is 10.1. The molecule has 3 rings (SSSR count). The Labute approximate surface area is 161 Å². The average Bonchev–Trinajstić information content (AvgIpc) is 2.69. The molecule has 0 saturated carbocycles. The maximum absolute atomic E-state index is 13.4. The molecule has 2 aliphatic rings. The van der Waals surface area contributed by atoms with Crippen LogP contribution < -0.4 is 4.74 Å². The Kier molecular flexibility index (Phi) is 6.94. The number of rotatable bonds is 5. The second kappa shape index (κ2) is 9.40. The number of ether oxygens (including phenoxy) is 2. The molecule has 27 heavy (non-hydrogen) atoms. The summed E-state index contributed by atoms with van der Waals surface area (Å²) in [5, 5.41) is 0. The minimum Gasteiger partial charge on any atom is -0.496 e. The van der Waals surface area contributed by atoms with Crippen LogP contribution in [0, 0.1) is 11.7 Å². The topological polar surface area (TPSA) is 42.0 Å². The van der Waals surface area contributed by atoms with E-state index in [4.69, 9.17) is 9.47 Å². The van der Waals surface area contributed by atoms with E-state index < -0.39 is 0 Å². The molecule has 0 radical (unpaired) electrons. The van der Waals surface area contributed by atoms with Gasteiger partial charge in [0.25, 0.3) is 0 Å². The molecule has 1 aromatic rings. The van der Waals surface area contributed by atoms with Crippen LogP contribution >= 0.6 is 0 Å². The molecule has 0 atom stereocenters. The summed E-state index contributed by atoms with van der Waals surface area (Å²) < 4.78 is 23.9. The molecule has 0 bridgehead atoms. The molecular weight excluding hydrogens is 347 g/mol. The number of amides is 1. The number of benzene rings is 1. The molecule has 0 unspecified atom stereocenters. The van der Waals surface area contributed by atoms with Gasteiger partial charge in [-0.15, -0.1) is 0 Å². The highest BCUT2D eigenvalue weighted by Gasteiger charge is 2.28. The van der Waals surface area contributed by atoms with Crippen molar-refractivity contribution in [1.82, 2.24) is 9.80 Å². The third kappa shape index (κ3) is 5.12. The molecule has 0 aliphatic carbocycles. The van der Waals surface area contributed by atoms with Crippen LogP contribution in [0.4, 0.5) is 9.18 Å². The van der Waals surface area contributed by atoms with Crippen molar-refractivity contribution in [3.63, 3.8) is 0 Å². The summed E-state index contributed by atoms with van der Waals surface area (Å²) in [5.74, 6) is 1.50. The summed E-state index contributed by atoms with van der Waals surface area (Å²) in [5.41, 5.74) is 1.13. The molecule has 2 fully saturated rings. The smallest absolute Gasteiger partial charge is 0.409 e. The Hall–Kier alpha value is -1.82. The van der Waals surface area contributed by atoms with Gasteiger partial charge in [0.15, 0.2) is 0 Å². The van der Waals surface area contributed by atoms with Crippen molar-refractivity contribution in [3.05, 3.63) is 29.6 Å². The van der Waals surface area contributed by atoms with E-state index in [1.807, 2.05) is 17.9 Å². The first-order chi connectivity index (χ1) is 13.1. The Morgan fingerprint density at radius 1 is 1.15 bits per heavy atom. The number of piperidine rings is 2. The van der Waals surface area contributed by atoms with Crippen LogP contribution in [0.1, 0.15) is 44.1 Å². The van der Waals surface area contributed by atoms with Crippen LogP contribution in [0.5, 0.6) is 5.75 Å².